The third-order valence-electron chi connectivity index (χ3n) is 4.81. The Hall–Kier alpha value is -2.40. The number of hydrogen-bond acceptors (Lipinski definition) is 6. The van der Waals surface area contributed by atoms with Crippen molar-refractivity contribution in [2.75, 3.05) is 6.61 Å². The Morgan fingerprint density at radius 3 is 2.30 bits per heavy atom. The molecule has 0 radical (unpaired) electrons. The number of ether oxygens (including phenoxy) is 2. The number of benzene rings is 1. The fraction of sp³-hybridized carbons (Fsp3) is 0.375. The minimum atomic E-state index is -1.77. The molecule has 6 nitrogen and oxygen atoms in total. The lowest BCUT2D eigenvalue weighted by molar-refractivity contribution is -0.252. The van der Waals surface area contributed by atoms with Crippen molar-refractivity contribution in [3.05, 3.63) is 34.3 Å². The molecule has 114 valence electrons. The predicted molar refractivity (Wildman–Crippen MR) is 81.5 cm³/mol. The first-order valence-corrected chi connectivity index (χ1v) is 7.63. The molecule has 1 N–H and O–H groups in total. The van der Waals surface area contributed by atoms with Gasteiger partial charge in [-0.25, -0.2) is 0 Å². The predicted octanol–water partition coefficient (Wildman–Crippen LogP) is 2.82. The summed E-state index contributed by atoms with van der Waals surface area (Å²) in [4.78, 5) is 0. The summed E-state index contributed by atoms with van der Waals surface area (Å²) in [7, 11) is 0. The summed E-state index contributed by atoms with van der Waals surface area (Å²) in [6, 6.07) is 12.9. The second-order valence-corrected chi connectivity index (χ2v) is 6.58. The van der Waals surface area contributed by atoms with Gasteiger partial charge >= 0.3 is 0 Å². The van der Waals surface area contributed by atoms with E-state index < -0.39 is 28.4 Å². The van der Waals surface area contributed by atoms with Crippen LogP contribution in [0.1, 0.15) is 12.5 Å². The van der Waals surface area contributed by atoms with Crippen LogP contribution >= 0.6 is 15.9 Å². The number of nitrogens with zero attached hydrogens (tertiary/aromatic N) is 3. The van der Waals surface area contributed by atoms with Crippen LogP contribution in [-0.2, 0) is 15.3 Å². The van der Waals surface area contributed by atoms with Gasteiger partial charge in [0.1, 0.15) is 0 Å². The van der Waals surface area contributed by atoms with E-state index in [-0.39, 0.29) is 6.61 Å². The Kier molecular flexibility index (Phi) is 3.23. The quantitative estimate of drug-likeness (QED) is 0.815. The number of halogens is 1. The van der Waals surface area contributed by atoms with Gasteiger partial charge in [0, 0.05) is 10.0 Å². The highest BCUT2D eigenvalue weighted by molar-refractivity contribution is 9.10. The summed E-state index contributed by atoms with van der Waals surface area (Å²) < 4.78 is 12.4. The molecule has 0 aromatic heterocycles. The standard InChI is InChI=1S/C16H11BrN4O2/c1-10-15(8-20)13(21)23-16(10,11-2-4-12(17)5-3-11)22-9-14(15,6-18)7-19/h2-5,10,21H,9H2,1H3. The number of rotatable bonds is 1. The van der Waals surface area contributed by atoms with Crippen LogP contribution in [0.25, 0.3) is 0 Å². The van der Waals surface area contributed by atoms with Gasteiger partial charge in [-0.3, -0.25) is 5.41 Å². The van der Waals surface area contributed by atoms with E-state index >= 15 is 0 Å². The molecule has 0 spiro atoms. The molecule has 0 saturated carbocycles. The highest BCUT2D eigenvalue weighted by Crippen LogP contribution is 2.63. The van der Waals surface area contributed by atoms with Gasteiger partial charge in [-0.15, -0.1) is 0 Å². The molecule has 1 aromatic carbocycles. The first kappa shape index (κ1) is 15.5. The molecule has 2 fully saturated rings. The molecule has 23 heavy (non-hydrogen) atoms. The van der Waals surface area contributed by atoms with E-state index in [0.717, 1.165) is 4.47 Å². The summed E-state index contributed by atoms with van der Waals surface area (Å²) in [5, 5.41) is 37.0. The lowest BCUT2D eigenvalue weighted by atomic mass is 9.57. The molecule has 1 aromatic rings. The molecule has 2 aliphatic heterocycles. The van der Waals surface area contributed by atoms with Crippen molar-refractivity contribution in [2.45, 2.75) is 12.7 Å². The van der Waals surface area contributed by atoms with Crippen LogP contribution in [0, 0.1) is 56.2 Å². The third kappa shape index (κ3) is 1.60. The molecule has 2 bridgehead atoms. The fourth-order valence-electron chi connectivity index (χ4n) is 3.43. The van der Waals surface area contributed by atoms with Gasteiger partial charge in [0.25, 0.3) is 0 Å². The average molecular weight is 371 g/mol. The van der Waals surface area contributed by atoms with Crippen LogP contribution in [0.4, 0.5) is 0 Å². The largest absolute Gasteiger partial charge is 0.443 e. The number of hydrogen-bond donors (Lipinski definition) is 1. The van der Waals surface area contributed by atoms with Gasteiger partial charge in [-0.1, -0.05) is 35.0 Å². The summed E-state index contributed by atoms with van der Waals surface area (Å²) in [5.74, 6) is -2.43. The summed E-state index contributed by atoms with van der Waals surface area (Å²) in [6.45, 7) is 1.38. The van der Waals surface area contributed by atoms with Crippen LogP contribution in [0.5, 0.6) is 0 Å². The van der Waals surface area contributed by atoms with Gasteiger partial charge in [0.15, 0.2) is 10.8 Å². The second kappa shape index (κ2) is 4.80. The highest BCUT2D eigenvalue weighted by atomic mass is 79.9. The number of nitrogens with one attached hydrogen (secondary N) is 1. The van der Waals surface area contributed by atoms with Crippen LogP contribution in [0.3, 0.4) is 0 Å². The van der Waals surface area contributed by atoms with Crippen molar-refractivity contribution in [2.24, 2.45) is 16.7 Å². The number of fused-ring (bicyclic) bond motifs is 2. The van der Waals surface area contributed by atoms with E-state index in [9.17, 15) is 15.8 Å². The summed E-state index contributed by atoms with van der Waals surface area (Å²) in [6.07, 6.45) is 0. The maximum atomic E-state index is 9.78. The van der Waals surface area contributed by atoms with Crippen molar-refractivity contribution in [1.82, 2.24) is 0 Å². The van der Waals surface area contributed by atoms with Crippen molar-refractivity contribution >= 4 is 21.8 Å². The normalized spacial score (nSPS) is 33.9. The summed E-state index contributed by atoms with van der Waals surface area (Å²) in [5.41, 5.74) is -2.80. The van der Waals surface area contributed by atoms with Gasteiger partial charge < -0.3 is 9.47 Å². The molecule has 7 heteroatoms. The lowest BCUT2D eigenvalue weighted by Crippen LogP contribution is -2.56. The molecule has 2 aliphatic rings. The fourth-order valence-corrected chi connectivity index (χ4v) is 3.70. The molecule has 3 unspecified atom stereocenters. The molecule has 0 amide bonds. The van der Waals surface area contributed by atoms with Gasteiger partial charge in [0.2, 0.25) is 11.7 Å². The highest BCUT2D eigenvalue weighted by Gasteiger charge is 2.76. The van der Waals surface area contributed by atoms with Crippen molar-refractivity contribution in [1.29, 1.82) is 21.2 Å². The van der Waals surface area contributed by atoms with E-state index in [0.29, 0.717) is 5.56 Å². The van der Waals surface area contributed by atoms with Gasteiger partial charge in [-0.05, 0) is 12.1 Å². The minimum absolute atomic E-state index is 0.295. The molecule has 3 rings (SSSR count). The second-order valence-electron chi connectivity index (χ2n) is 5.66. The Labute approximate surface area is 141 Å². The van der Waals surface area contributed by atoms with Crippen molar-refractivity contribution < 1.29 is 9.47 Å². The number of nitriles is 3. The molecule has 2 heterocycles. The first-order valence-electron chi connectivity index (χ1n) is 6.84. The smallest absolute Gasteiger partial charge is 0.243 e. The van der Waals surface area contributed by atoms with E-state index in [1.165, 1.54) is 0 Å². The first-order chi connectivity index (χ1) is 10.9. The molecule has 3 atom stereocenters. The molecular weight excluding hydrogens is 360 g/mol. The Morgan fingerprint density at radius 2 is 1.78 bits per heavy atom. The molecule has 0 aliphatic carbocycles. The zero-order valence-electron chi connectivity index (χ0n) is 12.1. The van der Waals surface area contributed by atoms with Crippen LogP contribution < -0.4 is 0 Å². The molecule has 2 saturated heterocycles. The van der Waals surface area contributed by atoms with Crippen molar-refractivity contribution in [3.8, 4) is 18.2 Å². The Bertz CT molecular complexity index is 802. The topological polar surface area (TPSA) is 114 Å². The van der Waals surface area contributed by atoms with E-state index in [2.05, 4.69) is 15.9 Å². The third-order valence-corrected chi connectivity index (χ3v) is 5.34. The van der Waals surface area contributed by atoms with Crippen molar-refractivity contribution in [3.63, 3.8) is 0 Å². The van der Waals surface area contributed by atoms with E-state index in [1.54, 1.807) is 31.2 Å². The van der Waals surface area contributed by atoms with Gasteiger partial charge in [-0.2, -0.15) is 15.8 Å². The lowest BCUT2D eigenvalue weighted by Gasteiger charge is -2.44. The van der Waals surface area contributed by atoms with Crippen LogP contribution in [-0.4, -0.2) is 12.5 Å². The van der Waals surface area contributed by atoms with Gasteiger partial charge in [0.05, 0.1) is 30.7 Å². The zero-order chi connectivity index (χ0) is 16.9. The monoisotopic (exact) mass is 370 g/mol. The van der Waals surface area contributed by atoms with Crippen LogP contribution in [0.15, 0.2) is 28.7 Å². The SMILES string of the molecule is CC1C2(c3ccc(Br)cc3)OCC(C#N)(C#N)C1(C#N)C(=N)O2. The maximum Gasteiger partial charge on any atom is 0.243 e. The minimum Gasteiger partial charge on any atom is -0.443 e. The maximum absolute atomic E-state index is 9.78. The molecular formula is C16H11BrN4O2. The average Bonchev–Trinajstić information content (AvgIpc) is 2.72. The zero-order valence-corrected chi connectivity index (χ0v) is 13.7. The van der Waals surface area contributed by atoms with E-state index in [1.807, 2.05) is 18.2 Å². The van der Waals surface area contributed by atoms with E-state index in [4.69, 9.17) is 14.9 Å². The summed E-state index contributed by atoms with van der Waals surface area (Å²) >= 11 is 3.35. The van der Waals surface area contributed by atoms with Crippen LogP contribution in [0.2, 0.25) is 0 Å². The Balaban J connectivity index is 2.23. The Morgan fingerprint density at radius 1 is 1.17 bits per heavy atom.